The molecule has 0 spiro atoms. The van der Waals surface area contributed by atoms with Crippen LogP contribution in [0.2, 0.25) is 10.0 Å². The van der Waals surface area contributed by atoms with E-state index < -0.39 is 35.1 Å². The van der Waals surface area contributed by atoms with Crippen LogP contribution in [-0.2, 0) is 17.4 Å². The summed E-state index contributed by atoms with van der Waals surface area (Å²) >= 11 is 12.0. The van der Waals surface area contributed by atoms with Gasteiger partial charge in [-0.15, -0.1) is 0 Å². The standard InChI is InChI=1S/C22H14Cl2F4N2O2/c23-16-5-3-6-17(24)14(16)11-20(31)30-19-9-8-12(10-15(19)22(26,27)28)29-21(32)13-4-1-2-7-18(13)25/h1-10H,11H2,(H,29,32)(H,30,31). The molecule has 0 heterocycles. The van der Waals surface area contributed by atoms with Gasteiger partial charge in [0.2, 0.25) is 5.91 Å². The Morgan fingerprint density at radius 2 is 1.53 bits per heavy atom. The van der Waals surface area contributed by atoms with Gasteiger partial charge in [0.25, 0.3) is 5.91 Å². The van der Waals surface area contributed by atoms with Gasteiger partial charge in [-0.3, -0.25) is 9.59 Å². The molecule has 3 aromatic carbocycles. The molecule has 10 heteroatoms. The molecule has 0 atom stereocenters. The van der Waals surface area contributed by atoms with Crippen LogP contribution in [0.1, 0.15) is 21.5 Å². The van der Waals surface area contributed by atoms with E-state index in [0.717, 1.165) is 18.2 Å². The van der Waals surface area contributed by atoms with Crippen LogP contribution >= 0.6 is 23.2 Å². The third kappa shape index (κ3) is 5.57. The van der Waals surface area contributed by atoms with Gasteiger partial charge >= 0.3 is 6.18 Å². The molecular formula is C22H14Cl2F4N2O2. The van der Waals surface area contributed by atoms with Crippen molar-refractivity contribution in [2.24, 2.45) is 0 Å². The van der Waals surface area contributed by atoms with Gasteiger partial charge in [0.05, 0.1) is 23.2 Å². The molecule has 166 valence electrons. The van der Waals surface area contributed by atoms with Crippen LogP contribution in [0.25, 0.3) is 0 Å². The van der Waals surface area contributed by atoms with E-state index in [4.69, 9.17) is 23.2 Å². The van der Waals surface area contributed by atoms with Crippen molar-refractivity contribution in [2.45, 2.75) is 12.6 Å². The smallest absolute Gasteiger partial charge is 0.325 e. The topological polar surface area (TPSA) is 58.2 Å². The summed E-state index contributed by atoms with van der Waals surface area (Å²) in [5.74, 6) is -2.50. The van der Waals surface area contributed by atoms with Crippen molar-refractivity contribution in [2.75, 3.05) is 10.6 Å². The SMILES string of the molecule is O=C(Cc1c(Cl)cccc1Cl)Nc1ccc(NC(=O)c2ccccc2F)cc1C(F)(F)F. The molecule has 4 nitrogen and oxygen atoms in total. The minimum absolute atomic E-state index is 0.204. The molecule has 3 rings (SSSR count). The number of halogens is 6. The van der Waals surface area contributed by atoms with Crippen LogP contribution in [0, 0.1) is 5.82 Å². The zero-order chi connectivity index (χ0) is 23.5. The van der Waals surface area contributed by atoms with Crippen LogP contribution in [0.3, 0.4) is 0 Å². The van der Waals surface area contributed by atoms with Gasteiger partial charge < -0.3 is 10.6 Å². The Hall–Kier alpha value is -3.10. The maximum atomic E-state index is 13.7. The van der Waals surface area contributed by atoms with Gasteiger partial charge in [0.1, 0.15) is 5.82 Å². The second-order valence-corrected chi connectivity index (χ2v) is 7.43. The van der Waals surface area contributed by atoms with E-state index in [1.807, 2.05) is 0 Å². The highest BCUT2D eigenvalue weighted by Gasteiger charge is 2.34. The summed E-state index contributed by atoms with van der Waals surface area (Å²) in [5.41, 5.74) is -1.99. The average Bonchev–Trinajstić information content (AvgIpc) is 2.71. The van der Waals surface area contributed by atoms with Crippen LogP contribution < -0.4 is 10.6 Å². The lowest BCUT2D eigenvalue weighted by Gasteiger charge is -2.16. The predicted octanol–water partition coefficient (Wildman–Crippen LogP) is 6.58. The highest BCUT2D eigenvalue weighted by molar-refractivity contribution is 6.36. The monoisotopic (exact) mass is 484 g/mol. The van der Waals surface area contributed by atoms with Crippen LogP contribution in [-0.4, -0.2) is 11.8 Å². The zero-order valence-electron chi connectivity index (χ0n) is 16.1. The number of hydrogen-bond acceptors (Lipinski definition) is 2. The van der Waals surface area contributed by atoms with Crippen molar-refractivity contribution in [3.05, 3.63) is 93.2 Å². The number of hydrogen-bond donors (Lipinski definition) is 2. The summed E-state index contributed by atoms with van der Waals surface area (Å²) in [6.07, 6.45) is -5.19. The van der Waals surface area contributed by atoms with Crippen molar-refractivity contribution in [3.63, 3.8) is 0 Å². The number of carbonyl (C=O) groups excluding carboxylic acids is 2. The molecule has 0 aliphatic heterocycles. The predicted molar refractivity (Wildman–Crippen MR) is 115 cm³/mol. The summed E-state index contributed by atoms with van der Waals surface area (Å²) in [4.78, 5) is 24.5. The van der Waals surface area contributed by atoms with Gasteiger partial charge in [-0.25, -0.2) is 4.39 Å². The minimum atomic E-state index is -4.84. The highest BCUT2D eigenvalue weighted by Crippen LogP contribution is 2.37. The first kappa shape index (κ1) is 23.6. The summed E-state index contributed by atoms with van der Waals surface area (Å²) in [6, 6.07) is 12.4. The van der Waals surface area contributed by atoms with Crippen molar-refractivity contribution in [1.29, 1.82) is 0 Å². The highest BCUT2D eigenvalue weighted by atomic mass is 35.5. The Bertz CT molecular complexity index is 1160. The number of benzene rings is 3. The fraction of sp³-hybridized carbons (Fsp3) is 0.0909. The molecule has 0 aromatic heterocycles. The molecule has 0 saturated heterocycles. The Labute approximate surface area is 190 Å². The van der Waals surface area contributed by atoms with E-state index in [1.54, 1.807) is 6.07 Å². The van der Waals surface area contributed by atoms with Crippen molar-refractivity contribution >= 4 is 46.4 Å². The molecule has 0 aliphatic carbocycles. The number of rotatable bonds is 5. The number of anilines is 2. The van der Waals surface area contributed by atoms with Crippen LogP contribution in [0.15, 0.2) is 60.7 Å². The van der Waals surface area contributed by atoms with Crippen LogP contribution in [0.4, 0.5) is 28.9 Å². The Kier molecular flexibility index (Phi) is 7.06. The van der Waals surface area contributed by atoms with E-state index in [9.17, 15) is 27.2 Å². The van der Waals surface area contributed by atoms with Gasteiger partial charge in [0, 0.05) is 15.7 Å². The summed E-state index contributed by atoms with van der Waals surface area (Å²) in [7, 11) is 0. The number of carbonyl (C=O) groups is 2. The third-order valence-corrected chi connectivity index (χ3v) is 5.08. The van der Waals surface area contributed by atoms with Crippen LogP contribution in [0.5, 0.6) is 0 Å². The van der Waals surface area contributed by atoms with Gasteiger partial charge in [-0.1, -0.05) is 41.4 Å². The summed E-state index contributed by atoms with van der Waals surface area (Å²) < 4.78 is 54.5. The number of amides is 2. The Morgan fingerprint density at radius 3 is 2.16 bits per heavy atom. The molecule has 0 radical (unpaired) electrons. The minimum Gasteiger partial charge on any atom is -0.325 e. The lowest BCUT2D eigenvalue weighted by Crippen LogP contribution is -2.19. The molecule has 0 unspecified atom stereocenters. The molecule has 0 fully saturated rings. The molecule has 0 saturated carbocycles. The Morgan fingerprint density at radius 1 is 0.875 bits per heavy atom. The van der Waals surface area contributed by atoms with E-state index in [1.165, 1.54) is 30.3 Å². The largest absolute Gasteiger partial charge is 0.418 e. The molecule has 3 aromatic rings. The maximum absolute atomic E-state index is 13.7. The molecule has 32 heavy (non-hydrogen) atoms. The fourth-order valence-corrected chi connectivity index (χ4v) is 3.40. The lowest BCUT2D eigenvalue weighted by atomic mass is 10.1. The van der Waals surface area contributed by atoms with E-state index in [-0.39, 0.29) is 33.3 Å². The first-order chi connectivity index (χ1) is 15.1. The van der Waals surface area contributed by atoms with Crippen molar-refractivity contribution in [1.82, 2.24) is 0 Å². The summed E-state index contributed by atoms with van der Waals surface area (Å²) in [5, 5.41) is 4.82. The van der Waals surface area contributed by atoms with E-state index in [0.29, 0.717) is 6.07 Å². The number of nitrogens with one attached hydrogen (secondary N) is 2. The first-order valence-corrected chi connectivity index (χ1v) is 9.81. The molecule has 2 N–H and O–H groups in total. The van der Waals surface area contributed by atoms with Crippen molar-refractivity contribution < 1.29 is 27.2 Å². The van der Waals surface area contributed by atoms with Gasteiger partial charge in [-0.05, 0) is 48.0 Å². The molecule has 0 bridgehead atoms. The second-order valence-electron chi connectivity index (χ2n) is 6.62. The maximum Gasteiger partial charge on any atom is 0.418 e. The normalized spacial score (nSPS) is 11.2. The second kappa shape index (κ2) is 9.58. The average molecular weight is 485 g/mol. The lowest BCUT2D eigenvalue weighted by molar-refractivity contribution is -0.136. The first-order valence-electron chi connectivity index (χ1n) is 9.06. The molecule has 2 amide bonds. The zero-order valence-corrected chi connectivity index (χ0v) is 17.6. The summed E-state index contributed by atoms with van der Waals surface area (Å²) in [6.45, 7) is 0. The third-order valence-electron chi connectivity index (χ3n) is 4.37. The molecular weight excluding hydrogens is 471 g/mol. The number of alkyl halides is 3. The fourth-order valence-electron chi connectivity index (χ4n) is 2.87. The van der Waals surface area contributed by atoms with Gasteiger partial charge in [-0.2, -0.15) is 13.2 Å². The van der Waals surface area contributed by atoms with E-state index >= 15 is 0 Å². The van der Waals surface area contributed by atoms with E-state index in [2.05, 4.69) is 10.6 Å². The van der Waals surface area contributed by atoms with Crippen molar-refractivity contribution in [3.8, 4) is 0 Å². The molecule has 0 aliphatic rings. The quantitative estimate of drug-likeness (QED) is 0.401. The van der Waals surface area contributed by atoms with Gasteiger partial charge in [0.15, 0.2) is 0 Å². The Balaban J connectivity index is 1.83.